The zero-order valence-electron chi connectivity index (χ0n) is 12.4. The SMILES string of the molecule is COc1cc2oc(-c3cccc(Br)c3)cc(=O)c2c(O)c1OC. The van der Waals surface area contributed by atoms with Gasteiger partial charge in [0.2, 0.25) is 5.75 Å². The van der Waals surface area contributed by atoms with Gasteiger partial charge in [0.15, 0.2) is 16.9 Å². The molecule has 3 aromatic rings. The van der Waals surface area contributed by atoms with Gasteiger partial charge in [-0.3, -0.25) is 4.79 Å². The summed E-state index contributed by atoms with van der Waals surface area (Å²) in [5.41, 5.74) is 0.606. The standard InChI is InChI=1S/C17H13BrO5/c1-21-14-8-13-15(16(20)17(14)22-2)11(19)7-12(23-13)9-4-3-5-10(18)6-9/h3-8,20H,1-2H3. The van der Waals surface area contributed by atoms with Crippen LogP contribution < -0.4 is 14.9 Å². The topological polar surface area (TPSA) is 68.9 Å². The van der Waals surface area contributed by atoms with Crippen LogP contribution in [0.4, 0.5) is 0 Å². The molecule has 0 saturated heterocycles. The fourth-order valence-electron chi connectivity index (χ4n) is 2.39. The summed E-state index contributed by atoms with van der Waals surface area (Å²) < 4.78 is 16.9. The molecule has 0 radical (unpaired) electrons. The third-order valence-corrected chi connectivity index (χ3v) is 3.94. The van der Waals surface area contributed by atoms with Crippen LogP contribution in [0, 0.1) is 0 Å². The lowest BCUT2D eigenvalue weighted by Gasteiger charge is -2.11. The van der Waals surface area contributed by atoms with Crippen LogP contribution in [0.3, 0.4) is 0 Å². The van der Waals surface area contributed by atoms with Gasteiger partial charge >= 0.3 is 0 Å². The second kappa shape index (κ2) is 5.96. The lowest BCUT2D eigenvalue weighted by molar-refractivity contribution is 0.334. The summed E-state index contributed by atoms with van der Waals surface area (Å²) in [4.78, 5) is 12.4. The lowest BCUT2D eigenvalue weighted by Crippen LogP contribution is -2.02. The van der Waals surface area contributed by atoms with Crippen molar-refractivity contribution < 1.29 is 19.0 Å². The monoisotopic (exact) mass is 376 g/mol. The van der Waals surface area contributed by atoms with E-state index in [0.717, 1.165) is 10.0 Å². The minimum Gasteiger partial charge on any atom is -0.504 e. The van der Waals surface area contributed by atoms with Crippen molar-refractivity contribution in [2.75, 3.05) is 14.2 Å². The molecule has 5 nitrogen and oxygen atoms in total. The van der Waals surface area contributed by atoms with Crippen molar-refractivity contribution in [3.8, 4) is 28.6 Å². The van der Waals surface area contributed by atoms with E-state index in [0.29, 0.717) is 5.76 Å². The number of halogens is 1. The Balaban J connectivity index is 2.32. The van der Waals surface area contributed by atoms with Crippen LogP contribution in [-0.4, -0.2) is 19.3 Å². The van der Waals surface area contributed by atoms with Crippen LogP contribution in [0.15, 0.2) is 50.1 Å². The van der Waals surface area contributed by atoms with E-state index in [9.17, 15) is 9.90 Å². The Labute approximate surface area is 140 Å². The molecule has 23 heavy (non-hydrogen) atoms. The van der Waals surface area contributed by atoms with Crippen molar-refractivity contribution in [2.45, 2.75) is 0 Å². The number of hydrogen-bond donors (Lipinski definition) is 1. The van der Waals surface area contributed by atoms with E-state index in [-0.39, 0.29) is 33.6 Å². The highest BCUT2D eigenvalue weighted by molar-refractivity contribution is 9.10. The van der Waals surface area contributed by atoms with E-state index < -0.39 is 0 Å². The summed E-state index contributed by atoms with van der Waals surface area (Å²) in [6.07, 6.45) is 0. The number of benzene rings is 2. The number of phenols is 1. The Hall–Kier alpha value is -2.47. The Morgan fingerprint density at radius 1 is 1.13 bits per heavy atom. The van der Waals surface area contributed by atoms with E-state index in [1.807, 2.05) is 24.3 Å². The Kier molecular flexibility index (Phi) is 4.00. The predicted octanol–water partition coefficient (Wildman–Crippen LogP) is 3.95. The number of ether oxygens (including phenoxy) is 2. The molecule has 6 heteroatoms. The maximum absolute atomic E-state index is 12.4. The van der Waals surface area contributed by atoms with Crippen molar-refractivity contribution in [2.24, 2.45) is 0 Å². The molecular formula is C17H13BrO5. The van der Waals surface area contributed by atoms with Crippen LogP contribution in [0.2, 0.25) is 0 Å². The predicted molar refractivity (Wildman–Crippen MR) is 90.4 cm³/mol. The minimum atomic E-state index is -0.361. The molecule has 118 valence electrons. The van der Waals surface area contributed by atoms with Crippen LogP contribution >= 0.6 is 15.9 Å². The second-order valence-corrected chi connectivity index (χ2v) is 5.73. The molecule has 1 N–H and O–H groups in total. The maximum atomic E-state index is 12.4. The largest absolute Gasteiger partial charge is 0.504 e. The first-order chi connectivity index (χ1) is 11.0. The van der Waals surface area contributed by atoms with E-state index in [1.165, 1.54) is 26.4 Å². The first-order valence-electron chi connectivity index (χ1n) is 6.73. The summed E-state index contributed by atoms with van der Waals surface area (Å²) in [6, 6.07) is 10.3. The molecule has 0 atom stereocenters. The van der Waals surface area contributed by atoms with E-state index >= 15 is 0 Å². The molecule has 0 aliphatic heterocycles. The van der Waals surface area contributed by atoms with Crippen LogP contribution in [0.1, 0.15) is 0 Å². The molecule has 1 aromatic heterocycles. The van der Waals surface area contributed by atoms with Crippen molar-refractivity contribution in [3.63, 3.8) is 0 Å². The van der Waals surface area contributed by atoms with E-state index in [1.54, 1.807) is 0 Å². The molecule has 2 aromatic carbocycles. The smallest absolute Gasteiger partial charge is 0.204 e. The molecular weight excluding hydrogens is 364 g/mol. The van der Waals surface area contributed by atoms with Crippen LogP contribution in [-0.2, 0) is 0 Å². The lowest BCUT2D eigenvalue weighted by atomic mass is 10.1. The van der Waals surface area contributed by atoms with E-state index in [2.05, 4.69) is 15.9 Å². The molecule has 0 unspecified atom stereocenters. The summed E-state index contributed by atoms with van der Waals surface area (Å²) in [5.74, 6) is 0.487. The number of phenolic OH excluding ortho intramolecular Hbond substituents is 1. The molecule has 3 rings (SSSR count). The van der Waals surface area contributed by atoms with Gasteiger partial charge in [-0.1, -0.05) is 28.1 Å². The highest BCUT2D eigenvalue weighted by Gasteiger charge is 2.19. The number of hydrogen-bond acceptors (Lipinski definition) is 5. The Morgan fingerprint density at radius 2 is 1.91 bits per heavy atom. The average Bonchev–Trinajstić information content (AvgIpc) is 2.53. The fraction of sp³-hybridized carbons (Fsp3) is 0.118. The third-order valence-electron chi connectivity index (χ3n) is 3.45. The zero-order valence-corrected chi connectivity index (χ0v) is 14.0. The summed E-state index contributed by atoms with van der Waals surface area (Å²) in [7, 11) is 2.83. The van der Waals surface area contributed by atoms with Gasteiger partial charge in [-0.15, -0.1) is 0 Å². The maximum Gasteiger partial charge on any atom is 0.204 e. The average molecular weight is 377 g/mol. The Morgan fingerprint density at radius 3 is 2.57 bits per heavy atom. The molecule has 0 spiro atoms. The van der Waals surface area contributed by atoms with Crippen molar-refractivity contribution in [1.29, 1.82) is 0 Å². The van der Waals surface area contributed by atoms with Crippen molar-refractivity contribution in [3.05, 3.63) is 51.1 Å². The van der Waals surface area contributed by atoms with Crippen LogP contribution in [0.5, 0.6) is 17.2 Å². The summed E-state index contributed by atoms with van der Waals surface area (Å²) in [6.45, 7) is 0. The van der Waals surface area contributed by atoms with Gasteiger partial charge in [0.25, 0.3) is 0 Å². The molecule has 0 aliphatic carbocycles. The van der Waals surface area contributed by atoms with Gasteiger partial charge in [0.1, 0.15) is 16.7 Å². The minimum absolute atomic E-state index is 0.0568. The summed E-state index contributed by atoms with van der Waals surface area (Å²) in [5, 5.41) is 10.3. The Bertz CT molecular complexity index is 946. The highest BCUT2D eigenvalue weighted by atomic mass is 79.9. The van der Waals surface area contributed by atoms with Gasteiger partial charge < -0.3 is 19.0 Å². The van der Waals surface area contributed by atoms with E-state index in [4.69, 9.17) is 13.9 Å². The van der Waals surface area contributed by atoms with Gasteiger partial charge in [-0.2, -0.15) is 0 Å². The first-order valence-corrected chi connectivity index (χ1v) is 7.52. The number of methoxy groups -OCH3 is 2. The summed E-state index contributed by atoms with van der Waals surface area (Å²) >= 11 is 3.38. The second-order valence-electron chi connectivity index (χ2n) is 4.82. The van der Waals surface area contributed by atoms with Gasteiger partial charge in [0, 0.05) is 22.2 Å². The molecule has 0 fully saturated rings. The van der Waals surface area contributed by atoms with Crippen molar-refractivity contribution in [1.82, 2.24) is 0 Å². The number of aromatic hydroxyl groups is 1. The first kappa shape index (κ1) is 15.4. The third kappa shape index (κ3) is 2.66. The van der Waals surface area contributed by atoms with Gasteiger partial charge in [-0.25, -0.2) is 0 Å². The zero-order chi connectivity index (χ0) is 16.6. The molecule has 0 amide bonds. The normalized spacial score (nSPS) is 10.7. The van der Waals surface area contributed by atoms with Crippen molar-refractivity contribution >= 4 is 26.9 Å². The molecule has 0 bridgehead atoms. The van der Waals surface area contributed by atoms with Gasteiger partial charge in [0.05, 0.1) is 14.2 Å². The number of fused-ring (bicyclic) bond motifs is 1. The fourth-order valence-corrected chi connectivity index (χ4v) is 2.79. The number of rotatable bonds is 3. The molecule has 0 saturated carbocycles. The highest BCUT2D eigenvalue weighted by Crippen LogP contribution is 2.42. The van der Waals surface area contributed by atoms with Gasteiger partial charge in [-0.05, 0) is 12.1 Å². The quantitative estimate of drug-likeness (QED) is 0.749. The van der Waals surface area contributed by atoms with Crippen LogP contribution in [0.25, 0.3) is 22.3 Å². The molecule has 0 aliphatic rings. The molecule has 1 heterocycles.